The van der Waals surface area contributed by atoms with Gasteiger partial charge in [-0.1, -0.05) is 32.9 Å². The van der Waals surface area contributed by atoms with E-state index in [4.69, 9.17) is 4.74 Å². The molecule has 0 saturated carbocycles. The van der Waals surface area contributed by atoms with E-state index in [1.807, 2.05) is 12.1 Å². The quantitative estimate of drug-likeness (QED) is 0.449. The van der Waals surface area contributed by atoms with E-state index in [2.05, 4.69) is 55.3 Å². The van der Waals surface area contributed by atoms with E-state index in [-0.39, 0.29) is 5.41 Å². The highest BCUT2D eigenvalue weighted by molar-refractivity contribution is 7.78. The summed E-state index contributed by atoms with van der Waals surface area (Å²) < 4.78 is 5.60. The predicted molar refractivity (Wildman–Crippen MR) is 75.1 cm³/mol. The highest BCUT2D eigenvalue weighted by Gasteiger charge is 2.12. The van der Waals surface area contributed by atoms with E-state index in [0.717, 1.165) is 12.2 Å². The van der Waals surface area contributed by atoms with Crippen LogP contribution in [0, 0.1) is 0 Å². The first-order chi connectivity index (χ1) is 8.04. The maximum absolute atomic E-state index is 5.60. The van der Waals surface area contributed by atoms with Crippen LogP contribution in [0.3, 0.4) is 0 Å². The average Bonchev–Trinajstić information content (AvgIpc) is 2.28. The number of isothiocyanates is 1. The Morgan fingerprint density at radius 2 is 1.88 bits per heavy atom. The molecule has 0 N–H and O–H groups in total. The van der Waals surface area contributed by atoms with Gasteiger partial charge in [-0.05, 0) is 35.3 Å². The number of hydrogen-bond acceptors (Lipinski definition) is 3. The van der Waals surface area contributed by atoms with Crippen molar-refractivity contribution >= 4 is 17.4 Å². The number of aliphatic imine (C=N–C) groups is 1. The topological polar surface area (TPSA) is 21.6 Å². The van der Waals surface area contributed by atoms with E-state index < -0.39 is 0 Å². The van der Waals surface area contributed by atoms with Crippen LogP contribution in [0.4, 0.5) is 0 Å². The van der Waals surface area contributed by atoms with Gasteiger partial charge in [0.25, 0.3) is 0 Å². The van der Waals surface area contributed by atoms with Gasteiger partial charge in [0.1, 0.15) is 5.75 Å². The van der Waals surface area contributed by atoms with Crippen LogP contribution in [0.5, 0.6) is 5.75 Å². The monoisotopic (exact) mass is 249 g/mol. The zero-order valence-corrected chi connectivity index (χ0v) is 11.5. The van der Waals surface area contributed by atoms with Crippen LogP contribution in [-0.4, -0.2) is 18.3 Å². The molecule has 0 heterocycles. The lowest BCUT2D eigenvalue weighted by Crippen LogP contribution is -2.10. The molecule has 0 aliphatic rings. The van der Waals surface area contributed by atoms with Gasteiger partial charge in [0.05, 0.1) is 18.3 Å². The van der Waals surface area contributed by atoms with Gasteiger partial charge in [-0.15, -0.1) is 0 Å². The van der Waals surface area contributed by atoms with E-state index in [1.165, 1.54) is 5.56 Å². The van der Waals surface area contributed by atoms with Crippen molar-refractivity contribution in [2.24, 2.45) is 4.99 Å². The minimum Gasteiger partial charge on any atom is -0.494 e. The molecule has 0 saturated heterocycles. The smallest absolute Gasteiger partial charge is 0.119 e. The lowest BCUT2D eigenvalue weighted by Gasteiger charge is -2.19. The summed E-state index contributed by atoms with van der Waals surface area (Å²) in [5.74, 6) is 0.907. The standard InChI is InChI=1S/C14H19NOS/c1-14(2,3)12-5-7-13(8-6-12)16-10-4-9-15-11-17/h5-8H,4,9-10H2,1-3H3. The fraction of sp³-hybridized carbons (Fsp3) is 0.500. The van der Waals surface area contributed by atoms with E-state index in [1.54, 1.807) is 0 Å². The summed E-state index contributed by atoms with van der Waals surface area (Å²) >= 11 is 4.49. The zero-order chi connectivity index (χ0) is 12.7. The second-order valence-corrected chi connectivity index (χ2v) is 5.13. The summed E-state index contributed by atoms with van der Waals surface area (Å²) in [5.41, 5.74) is 1.50. The summed E-state index contributed by atoms with van der Waals surface area (Å²) in [6.07, 6.45) is 0.866. The molecule has 0 aromatic heterocycles. The largest absolute Gasteiger partial charge is 0.494 e. The molecule has 17 heavy (non-hydrogen) atoms. The third-order valence-corrected chi connectivity index (χ3v) is 2.60. The van der Waals surface area contributed by atoms with Crippen LogP contribution in [0.15, 0.2) is 29.3 Å². The molecule has 1 aromatic carbocycles. The van der Waals surface area contributed by atoms with Gasteiger partial charge in [-0.25, -0.2) is 4.99 Å². The third kappa shape index (κ3) is 5.12. The van der Waals surface area contributed by atoms with Gasteiger partial charge >= 0.3 is 0 Å². The maximum atomic E-state index is 5.60. The van der Waals surface area contributed by atoms with Gasteiger partial charge in [0.2, 0.25) is 0 Å². The molecule has 3 heteroatoms. The molecule has 0 fully saturated rings. The summed E-state index contributed by atoms with van der Waals surface area (Å²) in [6, 6.07) is 8.27. The van der Waals surface area contributed by atoms with E-state index >= 15 is 0 Å². The molecular formula is C14H19NOS. The molecule has 2 nitrogen and oxygen atoms in total. The Morgan fingerprint density at radius 3 is 2.41 bits per heavy atom. The molecule has 92 valence electrons. The Bertz CT molecular complexity index is 386. The minimum atomic E-state index is 0.187. The highest BCUT2D eigenvalue weighted by atomic mass is 32.1. The Morgan fingerprint density at radius 1 is 1.24 bits per heavy atom. The van der Waals surface area contributed by atoms with Gasteiger partial charge in [0, 0.05) is 6.42 Å². The van der Waals surface area contributed by atoms with E-state index in [0.29, 0.717) is 13.2 Å². The number of nitrogens with zero attached hydrogens (tertiary/aromatic N) is 1. The van der Waals surface area contributed by atoms with Gasteiger partial charge < -0.3 is 4.74 Å². The molecule has 0 unspecified atom stereocenters. The maximum Gasteiger partial charge on any atom is 0.119 e. The normalized spacial score (nSPS) is 10.8. The number of benzene rings is 1. The van der Waals surface area contributed by atoms with Crippen molar-refractivity contribution in [1.29, 1.82) is 0 Å². The Hall–Kier alpha value is -1.18. The second kappa shape index (κ2) is 6.53. The van der Waals surface area contributed by atoms with Crippen molar-refractivity contribution < 1.29 is 4.74 Å². The average molecular weight is 249 g/mol. The van der Waals surface area contributed by atoms with Gasteiger partial charge in [-0.3, -0.25) is 0 Å². The molecule has 0 radical (unpaired) electrons. The zero-order valence-electron chi connectivity index (χ0n) is 10.7. The van der Waals surface area contributed by atoms with Crippen molar-refractivity contribution in [2.45, 2.75) is 32.6 Å². The van der Waals surface area contributed by atoms with Gasteiger partial charge in [-0.2, -0.15) is 0 Å². The molecule has 0 bridgehead atoms. The molecule has 0 aliphatic heterocycles. The van der Waals surface area contributed by atoms with Crippen LogP contribution in [0.2, 0.25) is 0 Å². The Balaban J connectivity index is 2.43. The molecule has 0 amide bonds. The highest BCUT2D eigenvalue weighted by Crippen LogP contribution is 2.24. The minimum absolute atomic E-state index is 0.187. The molecular weight excluding hydrogens is 230 g/mol. The van der Waals surface area contributed by atoms with Crippen molar-refractivity contribution in [3.63, 3.8) is 0 Å². The first-order valence-electron chi connectivity index (χ1n) is 5.81. The SMILES string of the molecule is CC(C)(C)c1ccc(OCCCN=C=S)cc1. The lowest BCUT2D eigenvalue weighted by molar-refractivity contribution is 0.313. The molecule has 1 aromatic rings. The molecule has 1 rings (SSSR count). The van der Waals surface area contributed by atoms with Crippen LogP contribution in [0.25, 0.3) is 0 Å². The summed E-state index contributed by atoms with van der Waals surface area (Å²) in [5, 5.41) is 2.34. The van der Waals surface area contributed by atoms with Crippen molar-refractivity contribution in [2.75, 3.05) is 13.2 Å². The first kappa shape index (κ1) is 13.9. The van der Waals surface area contributed by atoms with Gasteiger partial charge in [0.15, 0.2) is 0 Å². The second-order valence-electron chi connectivity index (χ2n) is 4.95. The van der Waals surface area contributed by atoms with Crippen LogP contribution >= 0.6 is 12.2 Å². The first-order valence-corrected chi connectivity index (χ1v) is 6.22. The Labute approximate surface area is 109 Å². The van der Waals surface area contributed by atoms with Crippen LogP contribution in [-0.2, 0) is 5.41 Å². The van der Waals surface area contributed by atoms with Crippen molar-refractivity contribution in [3.8, 4) is 5.75 Å². The molecule has 0 spiro atoms. The number of ether oxygens (including phenoxy) is 1. The number of hydrogen-bond donors (Lipinski definition) is 0. The third-order valence-electron chi connectivity index (χ3n) is 2.47. The fourth-order valence-corrected chi connectivity index (χ4v) is 1.52. The summed E-state index contributed by atoms with van der Waals surface area (Å²) in [4.78, 5) is 3.83. The lowest BCUT2D eigenvalue weighted by atomic mass is 9.87. The summed E-state index contributed by atoms with van der Waals surface area (Å²) in [6.45, 7) is 7.95. The number of thiocarbonyl (C=S) groups is 1. The van der Waals surface area contributed by atoms with Crippen LogP contribution in [0.1, 0.15) is 32.8 Å². The number of rotatable bonds is 5. The van der Waals surface area contributed by atoms with E-state index in [9.17, 15) is 0 Å². The van der Waals surface area contributed by atoms with Crippen LogP contribution < -0.4 is 4.74 Å². The summed E-state index contributed by atoms with van der Waals surface area (Å²) in [7, 11) is 0. The van der Waals surface area contributed by atoms with Crippen molar-refractivity contribution in [1.82, 2.24) is 0 Å². The molecule has 0 aliphatic carbocycles. The van der Waals surface area contributed by atoms with Crippen molar-refractivity contribution in [3.05, 3.63) is 29.8 Å². The Kier molecular flexibility index (Phi) is 5.33. The predicted octanol–water partition coefficient (Wildman–Crippen LogP) is 3.86. The molecule has 0 atom stereocenters. The fourth-order valence-electron chi connectivity index (χ4n) is 1.43.